The maximum Gasteiger partial charge on any atom is 0.242 e. The molecule has 6 nitrogen and oxygen atoms in total. The zero-order chi connectivity index (χ0) is 13.0. The van der Waals surface area contributed by atoms with Crippen molar-refractivity contribution in [3.63, 3.8) is 0 Å². The number of aromatic nitrogens is 2. The van der Waals surface area contributed by atoms with E-state index in [1.807, 2.05) is 6.92 Å². The van der Waals surface area contributed by atoms with E-state index in [0.717, 1.165) is 25.3 Å². The third-order valence-electron chi connectivity index (χ3n) is 3.00. The highest BCUT2D eigenvalue weighted by Crippen LogP contribution is 2.29. The van der Waals surface area contributed by atoms with Gasteiger partial charge in [0.25, 0.3) is 0 Å². The highest BCUT2D eigenvalue weighted by molar-refractivity contribution is 5.67. The minimum atomic E-state index is 0.239. The normalized spacial score (nSPS) is 19.9. The summed E-state index contributed by atoms with van der Waals surface area (Å²) < 4.78 is 11.0. The van der Waals surface area contributed by atoms with Crippen LogP contribution in [0.3, 0.4) is 0 Å². The first-order valence-electron chi connectivity index (χ1n) is 6.36. The molecular weight excluding hydrogens is 232 g/mol. The van der Waals surface area contributed by atoms with Crippen molar-refractivity contribution in [2.75, 3.05) is 36.9 Å². The molecule has 0 bridgehead atoms. The number of anilines is 2. The van der Waals surface area contributed by atoms with Gasteiger partial charge in [-0.3, -0.25) is 0 Å². The topological polar surface area (TPSA) is 73.5 Å². The molecule has 0 radical (unpaired) electrons. The van der Waals surface area contributed by atoms with Gasteiger partial charge in [0, 0.05) is 13.1 Å². The third kappa shape index (κ3) is 2.64. The molecule has 0 saturated carbocycles. The van der Waals surface area contributed by atoms with Crippen molar-refractivity contribution in [1.29, 1.82) is 0 Å². The largest absolute Gasteiger partial charge is 0.476 e. The SMILES string of the molecule is CCOc1ncnc(N2CCOC(CC)C2)c1N. The first-order chi connectivity index (χ1) is 8.76. The summed E-state index contributed by atoms with van der Waals surface area (Å²) in [5.41, 5.74) is 6.56. The molecule has 1 saturated heterocycles. The molecule has 0 amide bonds. The lowest BCUT2D eigenvalue weighted by Gasteiger charge is -2.33. The molecule has 0 aliphatic carbocycles. The molecule has 1 aliphatic heterocycles. The van der Waals surface area contributed by atoms with Crippen molar-refractivity contribution in [3.8, 4) is 5.88 Å². The Morgan fingerprint density at radius 2 is 2.33 bits per heavy atom. The van der Waals surface area contributed by atoms with E-state index in [4.69, 9.17) is 15.2 Å². The van der Waals surface area contributed by atoms with Crippen LogP contribution >= 0.6 is 0 Å². The lowest BCUT2D eigenvalue weighted by atomic mass is 10.2. The van der Waals surface area contributed by atoms with E-state index in [1.165, 1.54) is 6.33 Å². The van der Waals surface area contributed by atoms with Gasteiger partial charge in [-0.05, 0) is 13.3 Å². The second-order valence-electron chi connectivity index (χ2n) is 4.20. The fraction of sp³-hybridized carbons (Fsp3) is 0.667. The van der Waals surface area contributed by atoms with Gasteiger partial charge in [-0.1, -0.05) is 6.92 Å². The number of nitrogens with zero attached hydrogens (tertiary/aromatic N) is 3. The van der Waals surface area contributed by atoms with Crippen LogP contribution in [0, 0.1) is 0 Å². The molecule has 1 unspecified atom stereocenters. The van der Waals surface area contributed by atoms with Gasteiger partial charge in [-0.15, -0.1) is 0 Å². The van der Waals surface area contributed by atoms with E-state index < -0.39 is 0 Å². The van der Waals surface area contributed by atoms with E-state index >= 15 is 0 Å². The summed E-state index contributed by atoms with van der Waals surface area (Å²) in [4.78, 5) is 10.5. The van der Waals surface area contributed by atoms with E-state index in [-0.39, 0.29) is 6.10 Å². The van der Waals surface area contributed by atoms with Crippen LogP contribution in [0.5, 0.6) is 5.88 Å². The van der Waals surface area contributed by atoms with Gasteiger partial charge in [-0.2, -0.15) is 4.98 Å². The lowest BCUT2D eigenvalue weighted by Crippen LogP contribution is -2.43. The summed E-state index contributed by atoms with van der Waals surface area (Å²) in [6.07, 6.45) is 2.72. The molecule has 6 heteroatoms. The first kappa shape index (κ1) is 12.9. The van der Waals surface area contributed by atoms with Gasteiger partial charge in [0.1, 0.15) is 12.0 Å². The number of nitrogen functional groups attached to an aromatic ring is 1. The smallest absolute Gasteiger partial charge is 0.242 e. The minimum absolute atomic E-state index is 0.239. The van der Waals surface area contributed by atoms with Gasteiger partial charge in [0.15, 0.2) is 5.82 Å². The van der Waals surface area contributed by atoms with Crippen LogP contribution in [-0.2, 0) is 4.74 Å². The van der Waals surface area contributed by atoms with Crippen molar-refractivity contribution in [1.82, 2.24) is 9.97 Å². The predicted octanol–water partition coefficient (Wildman–Crippen LogP) is 1.07. The molecule has 1 atom stereocenters. The fourth-order valence-electron chi connectivity index (χ4n) is 2.03. The van der Waals surface area contributed by atoms with Gasteiger partial charge in [-0.25, -0.2) is 4.98 Å². The number of ether oxygens (including phenoxy) is 2. The number of morpholine rings is 1. The highest BCUT2D eigenvalue weighted by Gasteiger charge is 2.23. The zero-order valence-electron chi connectivity index (χ0n) is 10.9. The standard InChI is InChI=1S/C12H20N4O2/c1-3-9-7-16(5-6-18-9)11-10(13)12(17-4-2)15-8-14-11/h8-9H,3-7,13H2,1-2H3. The average molecular weight is 252 g/mol. The molecule has 1 fully saturated rings. The molecule has 0 aromatic carbocycles. The summed E-state index contributed by atoms with van der Waals surface area (Å²) in [7, 11) is 0. The summed E-state index contributed by atoms with van der Waals surface area (Å²) in [6, 6.07) is 0. The zero-order valence-corrected chi connectivity index (χ0v) is 10.9. The molecular formula is C12H20N4O2. The maximum atomic E-state index is 6.05. The molecule has 1 aromatic heterocycles. The van der Waals surface area contributed by atoms with Crippen molar-refractivity contribution >= 4 is 11.5 Å². The Kier molecular flexibility index (Phi) is 4.19. The predicted molar refractivity (Wildman–Crippen MR) is 69.9 cm³/mol. The monoisotopic (exact) mass is 252 g/mol. The molecule has 100 valence electrons. The number of rotatable bonds is 4. The molecule has 1 aromatic rings. The molecule has 2 rings (SSSR count). The minimum Gasteiger partial charge on any atom is -0.476 e. The summed E-state index contributed by atoms with van der Waals surface area (Å²) in [5.74, 6) is 1.21. The van der Waals surface area contributed by atoms with Crippen LogP contribution in [0.25, 0.3) is 0 Å². The summed E-state index contributed by atoms with van der Waals surface area (Å²) in [6.45, 7) is 6.87. The average Bonchev–Trinajstić information content (AvgIpc) is 2.41. The van der Waals surface area contributed by atoms with E-state index in [9.17, 15) is 0 Å². The van der Waals surface area contributed by atoms with E-state index in [1.54, 1.807) is 0 Å². The third-order valence-corrected chi connectivity index (χ3v) is 3.00. The summed E-state index contributed by atoms with van der Waals surface area (Å²) >= 11 is 0. The van der Waals surface area contributed by atoms with Crippen LogP contribution < -0.4 is 15.4 Å². The molecule has 2 heterocycles. The second-order valence-corrected chi connectivity index (χ2v) is 4.20. The quantitative estimate of drug-likeness (QED) is 0.864. The van der Waals surface area contributed by atoms with Crippen molar-refractivity contribution in [3.05, 3.63) is 6.33 Å². The second kappa shape index (κ2) is 5.86. The fourth-order valence-corrected chi connectivity index (χ4v) is 2.03. The van der Waals surface area contributed by atoms with Gasteiger partial charge in [0.05, 0.1) is 19.3 Å². The number of hydrogen-bond donors (Lipinski definition) is 1. The van der Waals surface area contributed by atoms with Crippen molar-refractivity contribution < 1.29 is 9.47 Å². The lowest BCUT2D eigenvalue weighted by molar-refractivity contribution is 0.0382. The number of nitrogens with two attached hydrogens (primary N) is 1. The Labute approximate surface area is 107 Å². The Balaban J connectivity index is 2.19. The molecule has 2 N–H and O–H groups in total. The van der Waals surface area contributed by atoms with E-state index in [0.29, 0.717) is 24.8 Å². The van der Waals surface area contributed by atoms with Crippen molar-refractivity contribution in [2.45, 2.75) is 26.4 Å². The Bertz CT molecular complexity index is 400. The Morgan fingerprint density at radius 3 is 3.06 bits per heavy atom. The van der Waals surface area contributed by atoms with Crippen LogP contribution in [0.15, 0.2) is 6.33 Å². The molecule has 0 spiro atoms. The van der Waals surface area contributed by atoms with E-state index in [2.05, 4.69) is 21.8 Å². The Morgan fingerprint density at radius 1 is 1.50 bits per heavy atom. The van der Waals surface area contributed by atoms with Gasteiger partial charge >= 0.3 is 0 Å². The molecule has 1 aliphatic rings. The first-order valence-corrected chi connectivity index (χ1v) is 6.36. The van der Waals surface area contributed by atoms with Crippen LogP contribution in [-0.4, -0.2) is 42.4 Å². The maximum absolute atomic E-state index is 6.05. The van der Waals surface area contributed by atoms with Gasteiger partial charge < -0.3 is 20.1 Å². The van der Waals surface area contributed by atoms with Crippen molar-refractivity contribution in [2.24, 2.45) is 0 Å². The van der Waals surface area contributed by atoms with Crippen LogP contribution in [0.4, 0.5) is 11.5 Å². The summed E-state index contributed by atoms with van der Waals surface area (Å²) in [5, 5.41) is 0. The van der Waals surface area contributed by atoms with Crippen LogP contribution in [0.1, 0.15) is 20.3 Å². The number of hydrogen-bond acceptors (Lipinski definition) is 6. The highest BCUT2D eigenvalue weighted by atomic mass is 16.5. The van der Waals surface area contributed by atoms with Crippen LogP contribution in [0.2, 0.25) is 0 Å². The molecule has 18 heavy (non-hydrogen) atoms. The van der Waals surface area contributed by atoms with Gasteiger partial charge in [0.2, 0.25) is 5.88 Å². The Hall–Kier alpha value is -1.56.